The molecule has 0 aliphatic carbocycles. The van der Waals surface area contributed by atoms with E-state index in [9.17, 15) is 4.39 Å². The third-order valence-corrected chi connectivity index (χ3v) is 6.82. The summed E-state index contributed by atoms with van der Waals surface area (Å²) in [6, 6.07) is 20.7. The van der Waals surface area contributed by atoms with E-state index in [4.69, 9.17) is 0 Å². The summed E-state index contributed by atoms with van der Waals surface area (Å²) in [6.07, 6.45) is 7.35. The zero-order valence-corrected chi connectivity index (χ0v) is 18.0. The minimum atomic E-state index is -0.154. The van der Waals surface area contributed by atoms with E-state index in [2.05, 4.69) is 45.1 Å². The van der Waals surface area contributed by atoms with E-state index < -0.39 is 0 Å². The van der Waals surface area contributed by atoms with Crippen molar-refractivity contribution in [2.75, 3.05) is 31.1 Å². The van der Waals surface area contributed by atoms with Crippen LogP contribution in [0.2, 0.25) is 0 Å². The Morgan fingerprint density at radius 2 is 1.71 bits per heavy atom. The Labute approximate surface area is 184 Å². The van der Waals surface area contributed by atoms with E-state index in [0.717, 1.165) is 51.1 Å². The van der Waals surface area contributed by atoms with Crippen LogP contribution in [0.1, 0.15) is 35.2 Å². The number of likely N-dealkylation sites (tertiary alicyclic amines) is 1. The van der Waals surface area contributed by atoms with Gasteiger partial charge in [0.05, 0.1) is 0 Å². The lowest BCUT2D eigenvalue weighted by Crippen LogP contribution is -2.45. The zero-order chi connectivity index (χ0) is 21.0. The molecule has 1 fully saturated rings. The van der Waals surface area contributed by atoms with Crippen molar-refractivity contribution in [1.82, 2.24) is 9.88 Å². The fraction of sp³-hybridized carbons (Fsp3) is 0.370. The Morgan fingerprint density at radius 3 is 2.48 bits per heavy atom. The first-order chi connectivity index (χ1) is 15.2. The predicted molar refractivity (Wildman–Crippen MR) is 124 cm³/mol. The molecule has 0 radical (unpaired) electrons. The molecule has 0 saturated carbocycles. The van der Waals surface area contributed by atoms with Crippen LogP contribution < -0.4 is 4.90 Å². The summed E-state index contributed by atoms with van der Waals surface area (Å²) in [5.74, 6) is -0.154. The Balaban J connectivity index is 1.18. The van der Waals surface area contributed by atoms with E-state index in [0.29, 0.717) is 6.04 Å². The largest absolute Gasteiger partial charge is 0.368 e. The fourth-order valence-electron chi connectivity index (χ4n) is 5.04. The molecule has 2 aromatic carbocycles. The Bertz CT molecular complexity index is 995. The molecule has 1 saturated heterocycles. The quantitative estimate of drug-likeness (QED) is 0.572. The van der Waals surface area contributed by atoms with Crippen molar-refractivity contribution in [3.63, 3.8) is 0 Å². The van der Waals surface area contributed by atoms with Crippen molar-refractivity contribution >= 4 is 5.69 Å². The topological polar surface area (TPSA) is 19.4 Å². The molecule has 4 heteroatoms. The monoisotopic (exact) mass is 415 g/mol. The van der Waals surface area contributed by atoms with E-state index in [1.165, 1.54) is 35.2 Å². The van der Waals surface area contributed by atoms with Crippen LogP contribution in [0.4, 0.5) is 10.1 Å². The van der Waals surface area contributed by atoms with Crippen LogP contribution in [-0.4, -0.2) is 42.1 Å². The Kier molecular flexibility index (Phi) is 5.99. The van der Waals surface area contributed by atoms with Gasteiger partial charge < -0.3 is 9.80 Å². The van der Waals surface area contributed by atoms with Crippen LogP contribution in [0.5, 0.6) is 0 Å². The molecule has 3 heterocycles. The Morgan fingerprint density at radius 1 is 0.903 bits per heavy atom. The first kappa shape index (κ1) is 20.2. The van der Waals surface area contributed by atoms with Gasteiger partial charge in [-0.2, -0.15) is 0 Å². The second-order valence-corrected chi connectivity index (χ2v) is 8.85. The lowest BCUT2D eigenvalue weighted by atomic mass is 10.0. The average molecular weight is 416 g/mol. The zero-order valence-electron chi connectivity index (χ0n) is 18.0. The molecule has 0 bridgehead atoms. The minimum absolute atomic E-state index is 0.154. The van der Waals surface area contributed by atoms with Gasteiger partial charge in [-0.05, 0) is 72.7 Å². The molecule has 5 rings (SSSR count). The summed E-state index contributed by atoms with van der Waals surface area (Å²) in [7, 11) is 0. The molecule has 0 atom stereocenters. The number of piperidine rings is 1. The Hall–Kier alpha value is -2.72. The van der Waals surface area contributed by atoms with Gasteiger partial charge >= 0.3 is 0 Å². The molecule has 3 nitrogen and oxygen atoms in total. The standard InChI is InChI=1S/C27H30FN3/c28-24-8-5-21(6-9-24)10-15-30-16-12-26(13-17-30)31-18-11-23-7-4-22(20-27(23)31)19-25-3-1-2-14-29-25/h1-9,14,20,26H,10-13,15-19H2. The third-order valence-electron chi connectivity index (χ3n) is 6.82. The molecule has 0 N–H and O–H groups in total. The number of pyridine rings is 1. The van der Waals surface area contributed by atoms with Gasteiger partial charge in [-0.1, -0.05) is 30.3 Å². The van der Waals surface area contributed by atoms with Gasteiger partial charge in [-0.25, -0.2) is 4.39 Å². The molecule has 2 aliphatic heterocycles. The second kappa shape index (κ2) is 9.19. The molecule has 0 unspecified atom stereocenters. The van der Waals surface area contributed by atoms with E-state index in [1.54, 1.807) is 12.1 Å². The van der Waals surface area contributed by atoms with Gasteiger partial charge in [0.1, 0.15) is 5.82 Å². The summed E-state index contributed by atoms with van der Waals surface area (Å²) in [4.78, 5) is 9.72. The number of nitrogens with zero attached hydrogens (tertiary/aromatic N) is 3. The van der Waals surface area contributed by atoms with Crippen molar-refractivity contribution in [2.24, 2.45) is 0 Å². The summed E-state index contributed by atoms with van der Waals surface area (Å²) in [5, 5.41) is 0. The smallest absolute Gasteiger partial charge is 0.123 e. The van der Waals surface area contributed by atoms with Gasteiger partial charge in [0.15, 0.2) is 0 Å². The molecule has 2 aliphatic rings. The number of anilines is 1. The van der Waals surface area contributed by atoms with Gasteiger partial charge in [0.2, 0.25) is 0 Å². The number of rotatable bonds is 6. The van der Waals surface area contributed by atoms with E-state index >= 15 is 0 Å². The van der Waals surface area contributed by atoms with Crippen molar-refractivity contribution in [2.45, 2.75) is 38.1 Å². The molecular weight excluding hydrogens is 385 g/mol. The molecule has 0 amide bonds. The SMILES string of the molecule is Fc1ccc(CCN2CCC(N3CCc4ccc(Cc5ccccn5)cc43)CC2)cc1. The van der Waals surface area contributed by atoms with Crippen molar-refractivity contribution in [1.29, 1.82) is 0 Å². The molecular formula is C27H30FN3. The van der Waals surface area contributed by atoms with Gasteiger partial charge in [-0.15, -0.1) is 0 Å². The normalized spacial score (nSPS) is 17.1. The number of hydrogen-bond donors (Lipinski definition) is 0. The summed E-state index contributed by atoms with van der Waals surface area (Å²) in [6.45, 7) is 4.49. The highest BCUT2D eigenvalue weighted by Crippen LogP contribution is 2.34. The van der Waals surface area contributed by atoms with Crippen molar-refractivity contribution < 1.29 is 4.39 Å². The molecule has 3 aromatic rings. The van der Waals surface area contributed by atoms with Gasteiger partial charge in [-0.3, -0.25) is 4.98 Å². The highest BCUT2D eigenvalue weighted by Gasteiger charge is 2.29. The van der Waals surface area contributed by atoms with Crippen LogP contribution in [0, 0.1) is 5.82 Å². The maximum atomic E-state index is 13.1. The average Bonchev–Trinajstić information content (AvgIpc) is 3.23. The number of halogens is 1. The highest BCUT2D eigenvalue weighted by atomic mass is 19.1. The van der Waals surface area contributed by atoms with Crippen molar-refractivity contribution in [3.8, 4) is 0 Å². The van der Waals surface area contributed by atoms with Crippen molar-refractivity contribution in [3.05, 3.63) is 95.1 Å². The number of hydrogen-bond acceptors (Lipinski definition) is 3. The summed E-state index contributed by atoms with van der Waals surface area (Å²) < 4.78 is 13.1. The number of benzene rings is 2. The maximum Gasteiger partial charge on any atom is 0.123 e. The third kappa shape index (κ3) is 4.80. The van der Waals surface area contributed by atoms with E-state index in [1.807, 2.05) is 24.4 Å². The first-order valence-electron chi connectivity index (χ1n) is 11.5. The summed E-state index contributed by atoms with van der Waals surface area (Å²) in [5.41, 5.74) is 6.63. The molecule has 31 heavy (non-hydrogen) atoms. The molecule has 160 valence electrons. The lowest BCUT2D eigenvalue weighted by Gasteiger charge is -2.38. The summed E-state index contributed by atoms with van der Waals surface area (Å²) >= 11 is 0. The highest BCUT2D eigenvalue weighted by molar-refractivity contribution is 5.60. The molecule has 0 spiro atoms. The predicted octanol–water partition coefficient (Wildman–Crippen LogP) is 4.88. The van der Waals surface area contributed by atoms with Crippen LogP contribution in [0.15, 0.2) is 66.9 Å². The second-order valence-electron chi connectivity index (χ2n) is 8.85. The number of aromatic nitrogens is 1. The van der Waals surface area contributed by atoms with E-state index in [-0.39, 0.29) is 5.82 Å². The van der Waals surface area contributed by atoms with Crippen LogP contribution in [-0.2, 0) is 19.3 Å². The van der Waals surface area contributed by atoms with Crippen LogP contribution in [0.25, 0.3) is 0 Å². The lowest BCUT2D eigenvalue weighted by molar-refractivity contribution is 0.212. The fourth-order valence-corrected chi connectivity index (χ4v) is 5.04. The number of fused-ring (bicyclic) bond motifs is 1. The minimum Gasteiger partial charge on any atom is -0.368 e. The van der Waals surface area contributed by atoms with Gasteiger partial charge in [0, 0.05) is 56.2 Å². The van der Waals surface area contributed by atoms with Crippen LogP contribution >= 0.6 is 0 Å². The van der Waals surface area contributed by atoms with Gasteiger partial charge in [0.25, 0.3) is 0 Å². The maximum absolute atomic E-state index is 13.1. The van der Waals surface area contributed by atoms with Crippen LogP contribution in [0.3, 0.4) is 0 Å². The molecule has 1 aromatic heterocycles. The first-order valence-corrected chi connectivity index (χ1v) is 11.5.